The Hall–Kier alpha value is -0.890. The van der Waals surface area contributed by atoms with Gasteiger partial charge in [-0.2, -0.15) is 0 Å². The van der Waals surface area contributed by atoms with Crippen LogP contribution in [0, 0.1) is 0 Å². The zero-order chi connectivity index (χ0) is 16.2. The van der Waals surface area contributed by atoms with Crippen molar-refractivity contribution < 1.29 is 9.53 Å². The van der Waals surface area contributed by atoms with Crippen LogP contribution < -0.4 is 10.6 Å². The quantitative estimate of drug-likeness (QED) is 0.814. The van der Waals surface area contributed by atoms with Crippen LogP contribution in [0.25, 0.3) is 0 Å². The van der Waals surface area contributed by atoms with Crippen LogP contribution in [-0.2, 0) is 16.0 Å². The van der Waals surface area contributed by atoms with Gasteiger partial charge >= 0.3 is 0 Å². The van der Waals surface area contributed by atoms with Crippen molar-refractivity contribution in [3.63, 3.8) is 0 Å². The summed E-state index contributed by atoms with van der Waals surface area (Å²) in [4.78, 5) is 17.3. The van der Waals surface area contributed by atoms with E-state index in [1.165, 1.54) is 11.3 Å². The van der Waals surface area contributed by atoms with Gasteiger partial charge in [0.15, 0.2) is 5.13 Å². The molecule has 1 atom stereocenters. The van der Waals surface area contributed by atoms with Crippen LogP contribution >= 0.6 is 46.9 Å². The molecule has 0 bridgehead atoms. The summed E-state index contributed by atoms with van der Waals surface area (Å²) in [6, 6.07) is 5.54. The largest absolute Gasteiger partial charge is 0.366 e. The number of nitrogens with one attached hydrogen (secondary N) is 2. The average molecular weight is 409 g/mol. The number of aromatic nitrogens is 1. The van der Waals surface area contributed by atoms with Crippen LogP contribution in [-0.4, -0.2) is 36.7 Å². The lowest BCUT2D eigenvalue weighted by Gasteiger charge is -2.22. The molecule has 9 heteroatoms. The Morgan fingerprint density at radius 3 is 3.04 bits per heavy atom. The second kappa shape index (κ2) is 8.99. The minimum atomic E-state index is -0.474. The molecule has 1 aliphatic heterocycles. The summed E-state index contributed by atoms with van der Waals surface area (Å²) < 4.78 is 5.41. The second-order valence-corrected chi connectivity index (χ2v) is 6.97. The molecule has 0 aliphatic carbocycles. The van der Waals surface area contributed by atoms with E-state index in [4.69, 9.17) is 27.9 Å². The van der Waals surface area contributed by atoms with E-state index in [-0.39, 0.29) is 18.3 Å². The standard InChI is InChI=1S/C15H15Cl2N3O2S.ClH/c16-11-3-1-2-9(13(11)17)6-10-7-19-15(23-10)20-14(21)12-8-18-4-5-22-12;/h1-3,7,12,18H,4-6,8H2,(H,19,20,21);1H. The van der Waals surface area contributed by atoms with Crippen molar-refractivity contribution in [2.45, 2.75) is 12.5 Å². The number of anilines is 1. The number of thiazole rings is 1. The maximum atomic E-state index is 12.1. The Labute approximate surface area is 160 Å². The van der Waals surface area contributed by atoms with E-state index in [2.05, 4.69) is 15.6 Å². The first kappa shape index (κ1) is 19.4. The molecule has 2 heterocycles. The summed E-state index contributed by atoms with van der Waals surface area (Å²) in [5, 5.41) is 7.54. The van der Waals surface area contributed by atoms with Gasteiger partial charge in [0.05, 0.1) is 16.7 Å². The summed E-state index contributed by atoms with van der Waals surface area (Å²) in [6.07, 6.45) is 1.88. The fraction of sp³-hybridized carbons (Fsp3) is 0.333. The number of ether oxygens (including phenoxy) is 1. The Bertz CT molecular complexity index is 705. The predicted octanol–water partition coefficient (Wildman–Crippen LogP) is 3.39. The molecular weight excluding hydrogens is 393 g/mol. The maximum Gasteiger partial charge on any atom is 0.256 e. The van der Waals surface area contributed by atoms with E-state index < -0.39 is 6.10 Å². The SMILES string of the molecule is Cl.O=C(Nc1ncc(Cc2cccc(Cl)c2Cl)s1)C1CNCCO1. The highest BCUT2D eigenvalue weighted by Crippen LogP contribution is 2.29. The summed E-state index contributed by atoms with van der Waals surface area (Å²) in [6.45, 7) is 1.82. The van der Waals surface area contributed by atoms with Gasteiger partial charge in [-0.25, -0.2) is 4.98 Å². The monoisotopic (exact) mass is 407 g/mol. The average Bonchev–Trinajstić information content (AvgIpc) is 3.00. The Morgan fingerprint density at radius 2 is 2.29 bits per heavy atom. The minimum absolute atomic E-state index is 0. The first-order chi connectivity index (χ1) is 11.1. The lowest BCUT2D eigenvalue weighted by molar-refractivity contribution is -0.128. The topological polar surface area (TPSA) is 63.2 Å². The lowest BCUT2D eigenvalue weighted by Crippen LogP contribution is -2.45. The molecule has 130 valence electrons. The molecule has 0 spiro atoms. The number of morpholine rings is 1. The van der Waals surface area contributed by atoms with Crippen molar-refractivity contribution in [2.24, 2.45) is 0 Å². The molecule has 1 saturated heterocycles. The third-order valence-electron chi connectivity index (χ3n) is 3.40. The number of carbonyl (C=O) groups is 1. The molecule has 1 unspecified atom stereocenters. The van der Waals surface area contributed by atoms with Gasteiger partial charge in [-0.15, -0.1) is 23.7 Å². The minimum Gasteiger partial charge on any atom is -0.366 e. The number of hydrogen-bond acceptors (Lipinski definition) is 5. The third-order valence-corrected chi connectivity index (χ3v) is 5.17. The van der Waals surface area contributed by atoms with E-state index >= 15 is 0 Å². The summed E-state index contributed by atoms with van der Waals surface area (Å²) in [5.41, 5.74) is 0.931. The Morgan fingerprint density at radius 1 is 1.46 bits per heavy atom. The number of halogens is 3. The predicted molar refractivity (Wildman–Crippen MR) is 99.9 cm³/mol. The lowest BCUT2D eigenvalue weighted by atomic mass is 10.1. The first-order valence-corrected chi connectivity index (χ1v) is 8.71. The smallest absolute Gasteiger partial charge is 0.256 e. The van der Waals surface area contributed by atoms with Crippen molar-refractivity contribution in [2.75, 3.05) is 25.0 Å². The molecule has 1 aromatic carbocycles. The highest BCUT2D eigenvalue weighted by Gasteiger charge is 2.22. The van der Waals surface area contributed by atoms with Gasteiger partial charge in [0.25, 0.3) is 5.91 Å². The fourth-order valence-corrected chi connectivity index (χ4v) is 3.46. The molecule has 2 aromatic rings. The molecule has 2 N–H and O–H groups in total. The molecule has 0 saturated carbocycles. The van der Waals surface area contributed by atoms with Gasteiger partial charge < -0.3 is 10.1 Å². The van der Waals surface area contributed by atoms with Gasteiger partial charge in [-0.1, -0.05) is 35.3 Å². The van der Waals surface area contributed by atoms with Crippen LogP contribution in [0.1, 0.15) is 10.4 Å². The van der Waals surface area contributed by atoms with Crippen molar-refractivity contribution in [3.05, 3.63) is 44.9 Å². The van der Waals surface area contributed by atoms with E-state index in [0.29, 0.717) is 34.7 Å². The van der Waals surface area contributed by atoms with E-state index in [1.807, 2.05) is 12.1 Å². The third kappa shape index (κ3) is 4.81. The van der Waals surface area contributed by atoms with Crippen molar-refractivity contribution in [1.82, 2.24) is 10.3 Å². The molecule has 0 radical (unpaired) electrons. The second-order valence-electron chi connectivity index (χ2n) is 5.07. The molecule has 1 aromatic heterocycles. The van der Waals surface area contributed by atoms with Crippen molar-refractivity contribution in [1.29, 1.82) is 0 Å². The normalized spacial score (nSPS) is 17.2. The zero-order valence-corrected chi connectivity index (χ0v) is 15.7. The number of hydrogen-bond donors (Lipinski definition) is 2. The van der Waals surface area contributed by atoms with Crippen LogP contribution in [0.5, 0.6) is 0 Å². The number of benzene rings is 1. The van der Waals surface area contributed by atoms with Crippen LogP contribution in [0.2, 0.25) is 10.0 Å². The summed E-state index contributed by atoms with van der Waals surface area (Å²) in [7, 11) is 0. The van der Waals surface area contributed by atoms with Gasteiger partial charge in [-0.3, -0.25) is 10.1 Å². The number of rotatable bonds is 4. The van der Waals surface area contributed by atoms with Gasteiger partial charge in [0.2, 0.25) is 0 Å². The number of nitrogens with zero attached hydrogens (tertiary/aromatic N) is 1. The van der Waals surface area contributed by atoms with Gasteiger partial charge in [0.1, 0.15) is 6.10 Å². The van der Waals surface area contributed by atoms with Crippen LogP contribution in [0.15, 0.2) is 24.4 Å². The highest BCUT2D eigenvalue weighted by molar-refractivity contribution is 7.15. The molecule has 1 amide bonds. The Balaban J connectivity index is 0.00000208. The van der Waals surface area contributed by atoms with Gasteiger partial charge in [-0.05, 0) is 11.6 Å². The molecule has 3 rings (SSSR count). The van der Waals surface area contributed by atoms with E-state index in [1.54, 1.807) is 12.3 Å². The summed E-state index contributed by atoms with van der Waals surface area (Å²) >= 11 is 13.6. The maximum absolute atomic E-state index is 12.1. The van der Waals surface area contributed by atoms with E-state index in [9.17, 15) is 4.79 Å². The Kier molecular flexibility index (Phi) is 7.28. The van der Waals surface area contributed by atoms with Gasteiger partial charge in [0, 0.05) is 30.6 Å². The van der Waals surface area contributed by atoms with Crippen LogP contribution in [0.3, 0.4) is 0 Å². The fourth-order valence-electron chi connectivity index (χ4n) is 2.24. The van der Waals surface area contributed by atoms with Crippen molar-refractivity contribution >= 4 is 58.0 Å². The molecule has 1 aliphatic rings. The van der Waals surface area contributed by atoms with Crippen LogP contribution in [0.4, 0.5) is 5.13 Å². The zero-order valence-electron chi connectivity index (χ0n) is 12.6. The first-order valence-electron chi connectivity index (χ1n) is 7.14. The molecule has 1 fully saturated rings. The van der Waals surface area contributed by atoms with E-state index in [0.717, 1.165) is 17.0 Å². The summed E-state index contributed by atoms with van der Waals surface area (Å²) in [5.74, 6) is -0.182. The number of carbonyl (C=O) groups excluding carboxylic acids is 1. The number of amides is 1. The molecular formula is C15H16Cl3N3O2S. The molecule has 24 heavy (non-hydrogen) atoms. The highest BCUT2D eigenvalue weighted by atomic mass is 35.5. The molecule has 5 nitrogen and oxygen atoms in total. The van der Waals surface area contributed by atoms with Crippen molar-refractivity contribution in [3.8, 4) is 0 Å².